The second-order valence-corrected chi connectivity index (χ2v) is 7.33. The Hall–Kier alpha value is -1.59. The fourth-order valence-corrected chi connectivity index (χ4v) is 3.19. The Labute approximate surface area is 152 Å². The first-order valence-electron chi connectivity index (χ1n) is 9.45. The van der Waals surface area contributed by atoms with Gasteiger partial charge in [0, 0.05) is 39.8 Å². The Morgan fingerprint density at radius 2 is 1.96 bits per heavy atom. The zero-order valence-corrected chi connectivity index (χ0v) is 15.9. The zero-order chi connectivity index (χ0) is 18.2. The van der Waals surface area contributed by atoms with Crippen molar-refractivity contribution >= 4 is 6.03 Å². The lowest BCUT2D eigenvalue weighted by atomic mass is 10.0. The van der Waals surface area contributed by atoms with Crippen LogP contribution in [-0.4, -0.2) is 53.7 Å². The molecule has 1 aromatic carbocycles. The molecule has 1 aromatic rings. The highest BCUT2D eigenvalue weighted by Crippen LogP contribution is 2.16. The van der Waals surface area contributed by atoms with Crippen LogP contribution in [0.15, 0.2) is 24.3 Å². The SMILES string of the molecule is CCC(C)CN(C)C(=O)NCc1ccccc1CN1CCC(O)CC1. The minimum absolute atomic E-state index is 0.0174. The molecule has 0 aromatic heterocycles. The Kier molecular flexibility index (Phi) is 7.72. The van der Waals surface area contributed by atoms with Crippen LogP contribution in [0.3, 0.4) is 0 Å². The molecule has 25 heavy (non-hydrogen) atoms. The number of hydrogen-bond acceptors (Lipinski definition) is 3. The molecule has 5 heteroatoms. The summed E-state index contributed by atoms with van der Waals surface area (Å²) in [6, 6.07) is 8.28. The number of nitrogens with one attached hydrogen (secondary N) is 1. The third-order valence-corrected chi connectivity index (χ3v) is 5.13. The van der Waals surface area contributed by atoms with Gasteiger partial charge >= 0.3 is 6.03 Å². The lowest BCUT2D eigenvalue weighted by molar-refractivity contribution is 0.0791. The molecular formula is C20H33N3O2. The highest BCUT2D eigenvalue weighted by molar-refractivity contribution is 5.73. The maximum Gasteiger partial charge on any atom is 0.317 e. The number of nitrogens with zero attached hydrogens (tertiary/aromatic N) is 2. The molecule has 2 N–H and O–H groups in total. The Bertz CT molecular complexity index is 541. The second-order valence-electron chi connectivity index (χ2n) is 7.33. The van der Waals surface area contributed by atoms with Gasteiger partial charge in [0.1, 0.15) is 0 Å². The van der Waals surface area contributed by atoms with Crippen LogP contribution in [0.5, 0.6) is 0 Å². The van der Waals surface area contributed by atoms with Gasteiger partial charge in [0.15, 0.2) is 0 Å². The molecule has 1 aliphatic rings. The number of carbonyl (C=O) groups excluding carboxylic acids is 1. The van der Waals surface area contributed by atoms with Crippen molar-refractivity contribution < 1.29 is 9.90 Å². The summed E-state index contributed by atoms with van der Waals surface area (Å²) in [5.74, 6) is 0.512. The lowest BCUT2D eigenvalue weighted by Gasteiger charge is -2.30. The summed E-state index contributed by atoms with van der Waals surface area (Å²) < 4.78 is 0. The number of urea groups is 1. The predicted molar refractivity (Wildman–Crippen MR) is 101 cm³/mol. The number of benzene rings is 1. The summed E-state index contributed by atoms with van der Waals surface area (Å²) in [5, 5.41) is 12.7. The quantitative estimate of drug-likeness (QED) is 0.797. The number of amides is 2. The molecule has 0 radical (unpaired) electrons. The minimum atomic E-state index is -0.146. The van der Waals surface area contributed by atoms with E-state index in [0.717, 1.165) is 45.4 Å². The van der Waals surface area contributed by atoms with Crippen molar-refractivity contribution in [1.82, 2.24) is 15.1 Å². The molecule has 1 heterocycles. The molecular weight excluding hydrogens is 314 g/mol. The summed E-state index contributed by atoms with van der Waals surface area (Å²) in [4.78, 5) is 16.4. The molecule has 1 aliphatic heterocycles. The van der Waals surface area contributed by atoms with Crippen LogP contribution in [0.2, 0.25) is 0 Å². The van der Waals surface area contributed by atoms with Gasteiger partial charge in [0.25, 0.3) is 0 Å². The largest absolute Gasteiger partial charge is 0.393 e. The fraction of sp³-hybridized carbons (Fsp3) is 0.650. The first kappa shape index (κ1) is 19.7. The monoisotopic (exact) mass is 347 g/mol. The van der Waals surface area contributed by atoms with Crippen LogP contribution < -0.4 is 5.32 Å². The number of likely N-dealkylation sites (tertiary alicyclic amines) is 1. The maximum absolute atomic E-state index is 12.3. The first-order chi connectivity index (χ1) is 12.0. The molecule has 5 nitrogen and oxygen atoms in total. The Morgan fingerprint density at radius 1 is 1.32 bits per heavy atom. The fourth-order valence-electron chi connectivity index (χ4n) is 3.19. The molecule has 0 bridgehead atoms. The summed E-state index contributed by atoms with van der Waals surface area (Å²) >= 11 is 0. The second kappa shape index (κ2) is 9.78. The minimum Gasteiger partial charge on any atom is -0.393 e. The predicted octanol–water partition coefficient (Wildman–Crippen LogP) is 2.83. The van der Waals surface area contributed by atoms with Crippen molar-refractivity contribution in [3.63, 3.8) is 0 Å². The Morgan fingerprint density at radius 3 is 2.60 bits per heavy atom. The van der Waals surface area contributed by atoms with Crippen molar-refractivity contribution in [1.29, 1.82) is 0 Å². The number of rotatable bonds is 7. The summed E-state index contributed by atoms with van der Waals surface area (Å²) in [6.07, 6.45) is 2.62. The van der Waals surface area contributed by atoms with E-state index in [2.05, 4.69) is 42.3 Å². The van der Waals surface area contributed by atoms with Gasteiger partial charge in [-0.15, -0.1) is 0 Å². The summed E-state index contributed by atoms with van der Waals surface area (Å²) in [7, 11) is 1.85. The van der Waals surface area contributed by atoms with Gasteiger partial charge < -0.3 is 15.3 Å². The highest BCUT2D eigenvalue weighted by Gasteiger charge is 2.18. The third-order valence-electron chi connectivity index (χ3n) is 5.13. The van der Waals surface area contributed by atoms with Gasteiger partial charge in [-0.3, -0.25) is 4.90 Å². The molecule has 1 atom stereocenters. The van der Waals surface area contributed by atoms with Gasteiger partial charge in [0.2, 0.25) is 0 Å². The number of carbonyl (C=O) groups is 1. The van der Waals surface area contributed by atoms with Gasteiger partial charge in [-0.25, -0.2) is 4.79 Å². The van der Waals surface area contributed by atoms with E-state index in [9.17, 15) is 9.90 Å². The normalized spacial score (nSPS) is 17.3. The molecule has 2 rings (SSSR count). The summed E-state index contributed by atoms with van der Waals surface area (Å²) in [5.41, 5.74) is 2.42. The van der Waals surface area contributed by atoms with Crippen LogP contribution in [-0.2, 0) is 13.1 Å². The van der Waals surface area contributed by atoms with E-state index in [1.807, 2.05) is 13.1 Å². The smallest absolute Gasteiger partial charge is 0.317 e. The average Bonchev–Trinajstić information content (AvgIpc) is 2.62. The van der Waals surface area contributed by atoms with Crippen LogP contribution in [0.25, 0.3) is 0 Å². The molecule has 0 spiro atoms. The van der Waals surface area contributed by atoms with E-state index in [-0.39, 0.29) is 12.1 Å². The van der Waals surface area contributed by atoms with E-state index >= 15 is 0 Å². The van der Waals surface area contributed by atoms with Crippen molar-refractivity contribution in [2.75, 3.05) is 26.7 Å². The van der Waals surface area contributed by atoms with E-state index in [4.69, 9.17) is 0 Å². The Balaban J connectivity index is 1.88. The number of aliphatic hydroxyl groups excluding tert-OH is 1. The van der Waals surface area contributed by atoms with Crippen molar-refractivity contribution in [2.45, 2.75) is 52.3 Å². The molecule has 0 saturated carbocycles. The number of piperidine rings is 1. The molecule has 0 aliphatic carbocycles. The molecule has 140 valence electrons. The molecule has 1 fully saturated rings. The van der Waals surface area contributed by atoms with Crippen LogP contribution in [0.4, 0.5) is 4.79 Å². The van der Waals surface area contributed by atoms with E-state index in [0.29, 0.717) is 12.5 Å². The topological polar surface area (TPSA) is 55.8 Å². The standard InChI is InChI=1S/C20H33N3O2/c1-4-16(2)14-22(3)20(25)21-13-17-7-5-6-8-18(17)15-23-11-9-19(24)10-12-23/h5-8,16,19,24H,4,9-15H2,1-3H3,(H,21,25). The highest BCUT2D eigenvalue weighted by atomic mass is 16.3. The third kappa shape index (κ3) is 6.33. The van der Waals surface area contributed by atoms with E-state index in [1.54, 1.807) is 4.90 Å². The number of aliphatic hydroxyl groups is 1. The average molecular weight is 348 g/mol. The van der Waals surface area contributed by atoms with E-state index in [1.165, 1.54) is 11.1 Å². The number of hydrogen-bond donors (Lipinski definition) is 2. The summed E-state index contributed by atoms with van der Waals surface area (Å²) in [6.45, 7) is 8.37. The lowest BCUT2D eigenvalue weighted by Crippen LogP contribution is -2.39. The van der Waals surface area contributed by atoms with E-state index < -0.39 is 0 Å². The van der Waals surface area contributed by atoms with Gasteiger partial charge in [0.05, 0.1) is 6.10 Å². The van der Waals surface area contributed by atoms with Gasteiger partial charge in [-0.05, 0) is 29.9 Å². The van der Waals surface area contributed by atoms with Crippen molar-refractivity contribution in [2.24, 2.45) is 5.92 Å². The van der Waals surface area contributed by atoms with Gasteiger partial charge in [-0.1, -0.05) is 44.5 Å². The molecule has 1 unspecified atom stereocenters. The van der Waals surface area contributed by atoms with Crippen molar-refractivity contribution in [3.05, 3.63) is 35.4 Å². The van der Waals surface area contributed by atoms with Crippen LogP contribution in [0, 0.1) is 5.92 Å². The maximum atomic E-state index is 12.3. The molecule has 2 amide bonds. The molecule has 1 saturated heterocycles. The van der Waals surface area contributed by atoms with Crippen LogP contribution >= 0.6 is 0 Å². The van der Waals surface area contributed by atoms with Crippen molar-refractivity contribution in [3.8, 4) is 0 Å². The van der Waals surface area contributed by atoms with Gasteiger partial charge in [-0.2, -0.15) is 0 Å². The first-order valence-corrected chi connectivity index (χ1v) is 9.45. The van der Waals surface area contributed by atoms with Crippen LogP contribution in [0.1, 0.15) is 44.2 Å². The zero-order valence-electron chi connectivity index (χ0n) is 15.9.